The molecule has 1 atom stereocenters. The van der Waals surface area contributed by atoms with Crippen molar-refractivity contribution >= 4 is 11.9 Å². The lowest BCUT2D eigenvalue weighted by molar-refractivity contribution is -0.141. The van der Waals surface area contributed by atoms with E-state index in [0.29, 0.717) is 0 Å². The molecule has 0 unspecified atom stereocenters. The van der Waals surface area contributed by atoms with Crippen LogP contribution in [0.25, 0.3) is 0 Å². The third kappa shape index (κ3) is 2.80. The Labute approximate surface area is 86.5 Å². The average Bonchev–Trinajstić information content (AvgIpc) is 2.65. The van der Waals surface area contributed by atoms with Gasteiger partial charge in [0.25, 0.3) is 0 Å². The summed E-state index contributed by atoms with van der Waals surface area (Å²) in [6.07, 6.45) is 1.55. The maximum absolute atomic E-state index is 11.0. The second-order valence-corrected chi connectivity index (χ2v) is 3.15. The van der Waals surface area contributed by atoms with Crippen LogP contribution in [0.1, 0.15) is 17.4 Å². The lowest BCUT2D eigenvalue weighted by atomic mass is 10.2. The number of carboxylic acids is 1. The van der Waals surface area contributed by atoms with Crippen LogP contribution in [-0.4, -0.2) is 33.9 Å². The van der Waals surface area contributed by atoms with Crippen molar-refractivity contribution in [2.75, 3.05) is 7.11 Å². The molecule has 0 saturated carbocycles. The number of carbonyl (C=O) groups is 2. The molecule has 0 aromatic carbocycles. The molecule has 1 aromatic heterocycles. The minimum Gasteiger partial charge on any atom is -0.481 e. The maximum Gasteiger partial charge on any atom is 0.358 e. The Morgan fingerprint density at radius 1 is 1.67 bits per heavy atom. The number of nitrogens with zero attached hydrogens (tertiary/aromatic N) is 2. The molecule has 1 aromatic rings. The van der Waals surface area contributed by atoms with Crippen LogP contribution in [0.3, 0.4) is 0 Å². The summed E-state index contributed by atoms with van der Waals surface area (Å²) in [6.45, 7) is 1.80. The summed E-state index contributed by atoms with van der Waals surface area (Å²) in [5.41, 5.74) is 0.176. The summed E-state index contributed by atoms with van der Waals surface area (Å²) in [7, 11) is 1.27. The predicted octanol–water partition coefficient (Wildman–Crippen LogP) is 0.390. The molecule has 15 heavy (non-hydrogen) atoms. The van der Waals surface area contributed by atoms with E-state index in [-0.39, 0.29) is 12.2 Å². The molecule has 1 heterocycles. The fourth-order valence-corrected chi connectivity index (χ4v) is 1.04. The van der Waals surface area contributed by atoms with Crippen LogP contribution in [0, 0.1) is 5.92 Å². The van der Waals surface area contributed by atoms with Crippen LogP contribution in [0.5, 0.6) is 0 Å². The molecule has 82 valence electrons. The zero-order valence-electron chi connectivity index (χ0n) is 8.51. The van der Waals surface area contributed by atoms with Crippen molar-refractivity contribution in [2.45, 2.75) is 13.5 Å². The number of methoxy groups -OCH3 is 1. The lowest BCUT2D eigenvalue weighted by Crippen LogP contribution is -2.17. The van der Waals surface area contributed by atoms with Crippen molar-refractivity contribution in [1.29, 1.82) is 0 Å². The van der Waals surface area contributed by atoms with E-state index in [9.17, 15) is 9.59 Å². The van der Waals surface area contributed by atoms with Gasteiger partial charge in [-0.15, -0.1) is 0 Å². The first kappa shape index (κ1) is 11.2. The van der Waals surface area contributed by atoms with Crippen LogP contribution in [-0.2, 0) is 16.1 Å². The minimum absolute atomic E-state index is 0.176. The van der Waals surface area contributed by atoms with Gasteiger partial charge in [0.1, 0.15) is 0 Å². The highest BCUT2D eigenvalue weighted by Crippen LogP contribution is 2.03. The molecular formula is C9H12N2O4. The first-order valence-corrected chi connectivity index (χ1v) is 4.39. The van der Waals surface area contributed by atoms with Crippen molar-refractivity contribution in [3.8, 4) is 0 Å². The van der Waals surface area contributed by atoms with Crippen LogP contribution in [0.2, 0.25) is 0 Å². The highest BCUT2D eigenvalue weighted by atomic mass is 16.5. The van der Waals surface area contributed by atoms with Crippen LogP contribution in [0.15, 0.2) is 12.3 Å². The van der Waals surface area contributed by atoms with Crippen molar-refractivity contribution < 1.29 is 19.4 Å². The molecule has 0 aliphatic heterocycles. The molecule has 1 N–H and O–H groups in total. The Balaban J connectivity index is 2.68. The van der Waals surface area contributed by atoms with Crippen molar-refractivity contribution in [3.05, 3.63) is 18.0 Å². The second kappa shape index (κ2) is 4.59. The molecule has 1 rings (SSSR count). The van der Waals surface area contributed by atoms with E-state index < -0.39 is 17.9 Å². The molecule has 0 saturated heterocycles. The molecule has 0 bridgehead atoms. The van der Waals surface area contributed by atoms with Gasteiger partial charge in [-0.3, -0.25) is 9.48 Å². The van der Waals surface area contributed by atoms with Gasteiger partial charge in [-0.25, -0.2) is 4.79 Å². The summed E-state index contributed by atoms with van der Waals surface area (Å²) in [4.78, 5) is 21.6. The quantitative estimate of drug-likeness (QED) is 0.730. The summed E-state index contributed by atoms with van der Waals surface area (Å²) in [5.74, 6) is -1.97. The number of hydrogen-bond donors (Lipinski definition) is 1. The van der Waals surface area contributed by atoms with Gasteiger partial charge in [0, 0.05) is 6.20 Å². The highest BCUT2D eigenvalue weighted by Gasteiger charge is 2.14. The van der Waals surface area contributed by atoms with Crippen LogP contribution in [0.4, 0.5) is 0 Å². The lowest BCUT2D eigenvalue weighted by Gasteiger charge is -2.05. The van der Waals surface area contributed by atoms with Crippen LogP contribution < -0.4 is 0 Å². The van der Waals surface area contributed by atoms with Crippen LogP contribution >= 0.6 is 0 Å². The van der Waals surface area contributed by atoms with E-state index in [0.717, 1.165) is 0 Å². The molecular weight excluding hydrogens is 200 g/mol. The SMILES string of the molecule is COC(=O)c1ccn(C[C@@H](C)C(=O)O)n1. The van der Waals surface area contributed by atoms with Gasteiger partial charge in [-0.2, -0.15) is 5.10 Å². The first-order chi connectivity index (χ1) is 7.04. The topological polar surface area (TPSA) is 81.4 Å². The number of aliphatic carboxylic acids is 1. The first-order valence-electron chi connectivity index (χ1n) is 4.39. The van der Waals surface area contributed by atoms with Gasteiger partial charge in [0.15, 0.2) is 5.69 Å². The van der Waals surface area contributed by atoms with Crippen molar-refractivity contribution in [2.24, 2.45) is 5.92 Å². The molecule has 0 radical (unpaired) electrons. The normalized spacial score (nSPS) is 12.1. The Hall–Kier alpha value is -1.85. The van der Waals surface area contributed by atoms with E-state index in [2.05, 4.69) is 9.84 Å². The number of rotatable bonds is 4. The van der Waals surface area contributed by atoms with Gasteiger partial charge in [0.05, 0.1) is 19.6 Å². The summed E-state index contributed by atoms with van der Waals surface area (Å²) in [6, 6.07) is 1.49. The number of carbonyl (C=O) groups excluding carboxylic acids is 1. The third-order valence-corrected chi connectivity index (χ3v) is 1.92. The van der Waals surface area contributed by atoms with E-state index in [1.54, 1.807) is 13.1 Å². The minimum atomic E-state index is -0.898. The van der Waals surface area contributed by atoms with E-state index in [4.69, 9.17) is 5.11 Å². The Kier molecular flexibility index (Phi) is 3.43. The number of carboxylic acid groups (broad SMARTS) is 1. The Bertz CT molecular complexity index is 372. The summed E-state index contributed by atoms with van der Waals surface area (Å²) >= 11 is 0. The van der Waals surface area contributed by atoms with Gasteiger partial charge < -0.3 is 9.84 Å². The highest BCUT2D eigenvalue weighted by molar-refractivity contribution is 5.86. The second-order valence-electron chi connectivity index (χ2n) is 3.15. The average molecular weight is 212 g/mol. The third-order valence-electron chi connectivity index (χ3n) is 1.92. The molecule has 0 fully saturated rings. The van der Waals surface area contributed by atoms with E-state index in [1.165, 1.54) is 17.9 Å². The maximum atomic E-state index is 11.0. The van der Waals surface area contributed by atoms with Crippen molar-refractivity contribution in [3.63, 3.8) is 0 Å². The molecule has 0 aliphatic carbocycles. The predicted molar refractivity (Wildman–Crippen MR) is 50.4 cm³/mol. The molecule has 0 aliphatic rings. The zero-order valence-corrected chi connectivity index (χ0v) is 8.51. The zero-order chi connectivity index (χ0) is 11.4. The summed E-state index contributed by atoms with van der Waals surface area (Å²) < 4.78 is 5.88. The standard InChI is InChI=1S/C9H12N2O4/c1-6(8(12)13)5-11-4-3-7(10-11)9(14)15-2/h3-4,6H,5H2,1-2H3,(H,12,13)/t6-/m1/s1. The van der Waals surface area contributed by atoms with E-state index >= 15 is 0 Å². The molecule has 6 nitrogen and oxygen atoms in total. The fourth-order valence-electron chi connectivity index (χ4n) is 1.04. The molecule has 0 spiro atoms. The molecule has 0 amide bonds. The van der Waals surface area contributed by atoms with Gasteiger partial charge >= 0.3 is 11.9 Å². The Morgan fingerprint density at radius 2 is 2.33 bits per heavy atom. The fraction of sp³-hybridized carbons (Fsp3) is 0.444. The van der Waals surface area contributed by atoms with Gasteiger partial charge in [0.2, 0.25) is 0 Å². The smallest absolute Gasteiger partial charge is 0.358 e. The number of hydrogen-bond acceptors (Lipinski definition) is 4. The Morgan fingerprint density at radius 3 is 2.87 bits per heavy atom. The van der Waals surface area contributed by atoms with E-state index in [1.807, 2.05) is 0 Å². The number of esters is 1. The van der Waals surface area contributed by atoms with Crippen molar-refractivity contribution in [1.82, 2.24) is 9.78 Å². The molecule has 6 heteroatoms. The number of aromatic nitrogens is 2. The summed E-state index contributed by atoms with van der Waals surface area (Å²) in [5, 5.41) is 12.6. The monoisotopic (exact) mass is 212 g/mol. The largest absolute Gasteiger partial charge is 0.481 e. The van der Waals surface area contributed by atoms with Gasteiger partial charge in [-0.1, -0.05) is 6.92 Å². The number of ether oxygens (including phenoxy) is 1. The van der Waals surface area contributed by atoms with Gasteiger partial charge in [-0.05, 0) is 6.07 Å².